The lowest BCUT2D eigenvalue weighted by Gasteiger charge is -2.39. The maximum absolute atomic E-state index is 12.1. The summed E-state index contributed by atoms with van der Waals surface area (Å²) >= 11 is 18.9. The van der Waals surface area contributed by atoms with Crippen LogP contribution in [-0.4, -0.2) is 54.2 Å². The lowest BCUT2D eigenvalue weighted by molar-refractivity contribution is -0.133. The van der Waals surface area contributed by atoms with Crippen LogP contribution in [0.3, 0.4) is 0 Å². The van der Waals surface area contributed by atoms with Crippen LogP contribution in [0.5, 0.6) is 0 Å². The van der Waals surface area contributed by atoms with Crippen molar-refractivity contribution in [3.8, 4) is 0 Å². The molecule has 0 spiro atoms. The molecule has 0 bridgehead atoms. The Labute approximate surface area is 143 Å². The predicted molar refractivity (Wildman–Crippen MR) is 84.0 cm³/mol. The van der Waals surface area contributed by atoms with E-state index >= 15 is 0 Å². The van der Waals surface area contributed by atoms with E-state index in [-0.39, 0.29) is 18.1 Å². The van der Waals surface area contributed by atoms with Crippen molar-refractivity contribution in [3.05, 3.63) is 0 Å². The van der Waals surface area contributed by atoms with Crippen LogP contribution < -0.4 is 0 Å². The number of hydrogen-bond acceptors (Lipinski definition) is 4. The van der Waals surface area contributed by atoms with Gasteiger partial charge in [0.05, 0.1) is 11.3 Å². The maximum atomic E-state index is 12.1. The fraction of sp³-hybridized carbons (Fsp3) is 0.727. The summed E-state index contributed by atoms with van der Waals surface area (Å²) in [4.78, 5) is 35.7. The fourth-order valence-corrected chi connectivity index (χ4v) is 3.32. The summed E-state index contributed by atoms with van der Waals surface area (Å²) in [7, 11) is 0. The Morgan fingerprint density at radius 1 is 1.38 bits per heavy atom. The molecule has 0 radical (unpaired) electrons. The molecule has 0 N–H and O–H groups in total. The number of carbonyl (C=O) groups is 3. The van der Waals surface area contributed by atoms with E-state index in [9.17, 15) is 14.4 Å². The van der Waals surface area contributed by atoms with Crippen LogP contribution in [0.2, 0.25) is 0 Å². The van der Waals surface area contributed by atoms with E-state index in [1.165, 1.54) is 18.7 Å². The van der Waals surface area contributed by atoms with Crippen molar-refractivity contribution in [2.75, 3.05) is 12.0 Å². The highest BCUT2D eigenvalue weighted by molar-refractivity contribution is 7.99. The van der Waals surface area contributed by atoms with Crippen molar-refractivity contribution in [1.82, 2.24) is 13.3 Å². The smallest absolute Gasteiger partial charge is 0.273 e. The zero-order chi connectivity index (χ0) is 16.6. The zero-order valence-electron chi connectivity index (χ0n) is 12.0. The summed E-state index contributed by atoms with van der Waals surface area (Å²) in [5.41, 5.74) is -2.29. The summed E-state index contributed by atoms with van der Waals surface area (Å²) in [5.74, 6) is -0.735. The molecule has 1 fully saturated rings. The van der Waals surface area contributed by atoms with E-state index in [1.807, 2.05) is 0 Å². The summed E-state index contributed by atoms with van der Waals surface area (Å²) in [5, 5.41) is 0. The number of thioether (sulfide) groups is 1. The Bertz CT molecular complexity index is 477. The fourth-order valence-electron chi connectivity index (χ4n) is 2.25. The molecule has 1 aliphatic rings. The zero-order valence-corrected chi connectivity index (χ0v) is 15.1. The summed E-state index contributed by atoms with van der Waals surface area (Å²) in [6.07, 6.45) is 1.82. The van der Waals surface area contributed by atoms with Crippen LogP contribution in [0, 0.1) is 0 Å². The molecule has 0 aromatic carbocycles. The minimum atomic E-state index is -1.38. The molecule has 0 saturated carbocycles. The molecule has 0 aromatic heterocycles. The van der Waals surface area contributed by atoms with Gasteiger partial charge in [-0.2, -0.15) is 16.2 Å². The van der Waals surface area contributed by atoms with Gasteiger partial charge in [0.1, 0.15) is 5.54 Å². The molecular weight excluding hydrogens is 361 g/mol. The predicted octanol–water partition coefficient (Wildman–Crippen LogP) is 2.83. The van der Waals surface area contributed by atoms with Gasteiger partial charge in [-0.05, 0) is 27.0 Å². The first-order valence-electron chi connectivity index (χ1n) is 5.97. The lowest BCUT2D eigenvalue weighted by Crippen LogP contribution is -2.53. The SMILES string of the molecule is CSCC(=O)N(Cl)C(C)(C)CC1(C)C(=O)N(Cl)C(=O)N1Cl. The first kappa shape index (κ1) is 18.7. The Morgan fingerprint density at radius 2 is 1.90 bits per heavy atom. The lowest BCUT2D eigenvalue weighted by atomic mass is 9.85. The van der Waals surface area contributed by atoms with Gasteiger partial charge in [0, 0.05) is 41.8 Å². The Kier molecular flexibility index (Phi) is 5.69. The third kappa shape index (κ3) is 3.36. The van der Waals surface area contributed by atoms with E-state index < -0.39 is 23.0 Å². The molecular formula is C11H16Cl3N3O3S. The van der Waals surface area contributed by atoms with Gasteiger partial charge in [-0.1, -0.05) is 0 Å². The monoisotopic (exact) mass is 375 g/mol. The van der Waals surface area contributed by atoms with Crippen molar-refractivity contribution in [2.45, 2.75) is 38.3 Å². The number of halogens is 3. The third-order valence-electron chi connectivity index (χ3n) is 3.20. The number of amides is 4. The van der Waals surface area contributed by atoms with Gasteiger partial charge in [-0.3, -0.25) is 9.59 Å². The molecule has 4 amide bonds. The molecule has 1 unspecified atom stereocenters. The Balaban J connectivity index is 3.00. The van der Waals surface area contributed by atoms with E-state index in [1.54, 1.807) is 20.1 Å². The molecule has 6 nitrogen and oxygen atoms in total. The summed E-state index contributed by atoms with van der Waals surface area (Å²) < 4.78 is 2.22. The minimum Gasteiger partial charge on any atom is -0.273 e. The topological polar surface area (TPSA) is 60.9 Å². The highest BCUT2D eigenvalue weighted by Crippen LogP contribution is 2.39. The third-order valence-corrected chi connectivity index (χ3v) is 5.20. The Morgan fingerprint density at radius 3 is 2.29 bits per heavy atom. The number of nitrogens with zero attached hydrogens (tertiary/aromatic N) is 3. The molecule has 10 heteroatoms. The Hall–Kier alpha value is -0.370. The molecule has 1 rings (SSSR count). The highest BCUT2D eigenvalue weighted by atomic mass is 35.5. The number of urea groups is 1. The van der Waals surface area contributed by atoms with Crippen LogP contribution >= 0.6 is 47.1 Å². The summed E-state index contributed by atoms with van der Waals surface area (Å²) in [6.45, 7) is 4.85. The van der Waals surface area contributed by atoms with Gasteiger partial charge in [0.2, 0.25) is 5.91 Å². The molecule has 1 atom stereocenters. The van der Waals surface area contributed by atoms with Crippen molar-refractivity contribution in [1.29, 1.82) is 0 Å². The minimum absolute atomic E-state index is 0.0426. The average Bonchev–Trinajstić information content (AvgIpc) is 2.54. The summed E-state index contributed by atoms with van der Waals surface area (Å²) in [6, 6.07) is -0.821. The largest absolute Gasteiger partial charge is 0.357 e. The van der Waals surface area contributed by atoms with Gasteiger partial charge >= 0.3 is 6.03 Å². The van der Waals surface area contributed by atoms with Gasteiger partial charge in [0.25, 0.3) is 5.91 Å². The number of rotatable bonds is 5. The van der Waals surface area contributed by atoms with Gasteiger partial charge < -0.3 is 0 Å². The van der Waals surface area contributed by atoms with Crippen LogP contribution in [0.1, 0.15) is 27.2 Å². The van der Waals surface area contributed by atoms with E-state index in [0.717, 1.165) is 8.84 Å². The number of hydrogen-bond donors (Lipinski definition) is 0. The molecule has 120 valence electrons. The average molecular weight is 377 g/mol. The van der Waals surface area contributed by atoms with Crippen molar-refractivity contribution in [3.63, 3.8) is 0 Å². The quantitative estimate of drug-likeness (QED) is 0.547. The second kappa shape index (κ2) is 6.40. The van der Waals surface area contributed by atoms with E-state index in [2.05, 4.69) is 0 Å². The van der Waals surface area contributed by atoms with Gasteiger partial charge in [0.15, 0.2) is 0 Å². The molecule has 0 aromatic rings. The van der Waals surface area contributed by atoms with Crippen LogP contribution in [-0.2, 0) is 9.59 Å². The van der Waals surface area contributed by atoms with Crippen LogP contribution in [0.15, 0.2) is 0 Å². The molecule has 1 heterocycles. The van der Waals surface area contributed by atoms with E-state index in [4.69, 9.17) is 35.3 Å². The second-order valence-electron chi connectivity index (χ2n) is 5.52. The number of carbonyl (C=O) groups excluding carboxylic acids is 3. The van der Waals surface area contributed by atoms with Crippen molar-refractivity contribution < 1.29 is 14.4 Å². The van der Waals surface area contributed by atoms with Crippen LogP contribution in [0.4, 0.5) is 4.79 Å². The van der Waals surface area contributed by atoms with Gasteiger partial charge in [-0.25, -0.2) is 13.6 Å². The second-order valence-corrected chi connectivity index (χ2v) is 7.40. The standard InChI is InChI=1S/C11H16Cl3N3O3S/c1-10(2,16(13)7(18)5-21-4)6-11(3)8(19)15(12)9(20)17(11)14/h5-6H2,1-4H3. The normalized spacial score (nSPS) is 23.0. The molecule has 0 aliphatic carbocycles. The molecule has 1 aliphatic heterocycles. The molecule has 1 saturated heterocycles. The maximum Gasteiger partial charge on any atom is 0.357 e. The van der Waals surface area contributed by atoms with Crippen LogP contribution in [0.25, 0.3) is 0 Å². The van der Waals surface area contributed by atoms with Crippen molar-refractivity contribution >= 4 is 64.9 Å². The van der Waals surface area contributed by atoms with E-state index in [0.29, 0.717) is 4.42 Å². The number of imide groups is 1. The first-order chi connectivity index (χ1) is 9.49. The van der Waals surface area contributed by atoms with Gasteiger partial charge in [-0.15, -0.1) is 0 Å². The first-order valence-corrected chi connectivity index (χ1v) is 8.38. The van der Waals surface area contributed by atoms with Crippen molar-refractivity contribution in [2.24, 2.45) is 0 Å². The molecule has 21 heavy (non-hydrogen) atoms. The highest BCUT2D eigenvalue weighted by Gasteiger charge is 2.57.